The second-order valence-corrected chi connectivity index (χ2v) is 4.79. The van der Waals surface area contributed by atoms with E-state index in [0.29, 0.717) is 18.7 Å². The van der Waals surface area contributed by atoms with E-state index in [4.69, 9.17) is 0 Å². The van der Waals surface area contributed by atoms with E-state index in [1.54, 1.807) is 37.3 Å². The fourth-order valence-electron chi connectivity index (χ4n) is 2.20. The number of carbonyl (C=O) groups is 3. The minimum Gasteiger partial charge on any atom is -0.479 e. The molecule has 1 fully saturated rings. The molecule has 21 heavy (non-hydrogen) atoms. The number of carboxylic acids is 1. The average molecular weight is 291 g/mol. The minimum absolute atomic E-state index is 0.247. The van der Waals surface area contributed by atoms with Crippen LogP contribution in [0.3, 0.4) is 0 Å². The van der Waals surface area contributed by atoms with Crippen molar-refractivity contribution >= 4 is 17.9 Å². The van der Waals surface area contributed by atoms with Crippen molar-refractivity contribution in [2.75, 3.05) is 13.1 Å². The Morgan fingerprint density at radius 1 is 1.38 bits per heavy atom. The smallest absolute Gasteiger partial charge is 0.330 e. The number of rotatable bonds is 3. The number of carbonyl (C=O) groups excluding carboxylic acids is 2. The van der Waals surface area contributed by atoms with Crippen molar-refractivity contribution in [3.63, 3.8) is 0 Å². The van der Waals surface area contributed by atoms with E-state index in [1.807, 2.05) is 0 Å². The molecule has 2 atom stereocenters. The Labute approximate surface area is 121 Å². The summed E-state index contributed by atoms with van der Waals surface area (Å²) in [5.74, 6) is -1.40. The molecule has 7 heteroatoms. The molecule has 0 bridgehead atoms. The second kappa shape index (κ2) is 6.25. The molecule has 7 nitrogen and oxygen atoms in total. The van der Waals surface area contributed by atoms with Gasteiger partial charge in [0, 0.05) is 13.1 Å². The summed E-state index contributed by atoms with van der Waals surface area (Å²) in [6.07, 6.45) is 0. The summed E-state index contributed by atoms with van der Waals surface area (Å²) in [4.78, 5) is 36.4. The van der Waals surface area contributed by atoms with Gasteiger partial charge in [0.15, 0.2) is 6.04 Å². The first-order chi connectivity index (χ1) is 10.0. The molecule has 0 aliphatic carbocycles. The molecule has 2 rings (SSSR count). The summed E-state index contributed by atoms with van der Waals surface area (Å²) in [5, 5.41) is 14.4. The van der Waals surface area contributed by atoms with Crippen LogP contribution in [0.5, 0.6) is 0 Å². The van der Waals surface area contributed by atoms with E-state index in [1.165, 1.54) is 4.90 Å². The maximum atomic E-state index is 12.2. The molecule has 1 heterocycles. The van der Waals surface area contributed by atoms with E-state index in [2.05, 4.69) is 10.6 Å². The lowest BCUT2D eigenvalue weighted by Gasteiger charge is -2.33. The Hall–Kier alpha value is -2.57. The first kappa shape index (κ1) is 14.8. The summed E-state index contributed by atoms with van der Waals surface area (Å²) >= 11 is 0. The van der Waals surface area contributed by atoms with E-state index < -0.39 is 24.1 Å². The van der Waals surface area contributed by atoms with Gasteiger partial charge in [-0.3, -0.25) is 4.79 Å². The van der Waals surface area contributed by atoms with Crippen LogP contribution in [-0.4, -0.2) is 47.0 Å². The SMILES string of the molecule is CC1C(=O)NCCN1C(=O)N[C@H](C(=O)O)c1ccccc1. The van der Waals surface area contributed by atoms with E-state index in [9.17, 15) is 19.5 Å². The molecule has 3 amide bonds. The summed E-state index contributed by atoms with van der Waals surface area (Å²) in [6, 6.07) is 6.11. The molecule has 1 unspecified atom stereocenters. The lowest BCUT2D eigenvalue weighted by Crippen LogP contribution is -2.58. The highest BCUT2D eigenvalue weighted by atomic mass is 16.4. The molecular formula is C14H17N3O4. The predicted molar refractivity (Wildman–Crippen MR) is 74.5 cm³/mol. The first-order valence-corrected chi connectivity index (χ1v) is 6.63. The molecular weight excluding hydrogens is 274 g/mol. The average Bonchev–Trinajstić information content (AvgIpc) is 2.48. The molecule has 3 N–H and O–H groups in total. The molecule has 0 radical (unpaired) electrons. The quantitative estimate of drug-likeness (QED) is 0.748. The van der Waals surface area contributed by atoms with Crippen LogP contribution in [0.1, 0.15) is 18.5 Å². The van der Waals surface area contributed by atoms with Crippen molar-refractivity contribution in [1.82, 2.24) is 15.5 Å². The Morgan fingerprint density at radius 2 is 2.05 bits per heavy atom. The predicted octanol–water partition coefficient (Wildman–Crippen LogP) is 0.342. The zero-order valence-corrected chi connectivity index (χ0v) is 11.6. The summed E-state index contributed by atoms with van der Waals surface area (Å²) in [6.45, 7) is 2.31. The maximum absolute atomic E-state index is 12.2. The largest absolute Gasteiger partial charge is 0.479 e. The van der Waals surface area contributed by atoms with Crippen LogP contribution in [0.25, 0.3) is 0 Å². The highest BCUT2D eigenvalue weighted by Gasteiger charge is 2.32. The van der Waals surface area contributed by atoms with Crippen molar-refractivity contribution in [3.05, 3.63) is 35.9 Å². The van der Waals surface area contributed by atoms with Crippen molar-refractivity contribution in [2.24, 2.45) is 0 Å². The molecule has 0 aromatic heterocycles. The van der Waals surface area contributed by atoms with Crippen LogP contribution in [0, 0.1) is 0 Å². The highest BCUT2D eigenvalue weighted by Crippen LogP contribution is 2.14. The van der Waals surface area contributed by atoms with Gasteiger partial charge < -0.3 is 20.6 Å². The van der Waals surface area contributed by atoms with Gasteiger partial charge in [-0.05, 0) is 12.5 Å². The third-order valence-corrected chi connectivity index (χ3v) is 3.41. The van der Waals surface area contributed by atoms with Gasteiger partial charge in [0.25, 0.3) is 0 Å². The number of nitrogens with one attached hydrogen (secondary N) is 2. The van der Waals surface area contributed by atoms with E-state index in [-0.39, 0.29) is 5.91 Å². The van der Waals surface area contributed by atoms with Gasteiger partial charge in [0.1, 0.15) is 6.04 Å². The highest BCUT2D eigenvalue weighted by molar-refractivity contribution is 5.89. The number of nitrogens with zero attached hydrogens (tertiary/aromatic N) is 1. The third kappa shape index (κ3) is 3.31. The second-order valence-electron chi connectivity index (χ2n) is 4.79. The maximum Gasteiger partial charge on any atom is 0.330 e. The van der Waals surface area contributed by atoms with Crippen molar-refractivity contribution < 1.29 is 19.5 Å². The third-order valence-electron chi connectivity index (χ3n) is 3.41. The number of amides is 3. The van der Waals surface area contributed by atoms with Crippen LogP contribution < -0.4 is 10.6 Å². The minimum atomic E-state index is -1.15. The van der Waals surface area contributed by atoms with E-state index >= 15 is 0 Å². The first-order valence-electron chi connectivity index (χ1n) is 6.63. The van der Waals surface area contributed by atoms with Gasteiger partial charge in [0.05, 0.1) is 0 Å². The topological polar surface area (TPSA) is 98.7 Å². The fraction of sp³-hybridized carbons (Fsp3) is 0.357. The van der Waals surface area contributed by atoms with Crippen LogP contribution in [0.2, 0.25) is 0 Å². The summed E-state index contributed by atoms with van der Waals surface area (Å²) < 4.78 is 0. The molecule has 1 saturated heterocycles. The van der Waals surface area contributed by atoms with Gasteiger partial charge in [-0.2, -0.15) is 0 Å². The Bertz CT molecular complexity index is 546. The number of piperazine rings is 1. The standard InChI is InChI=1S/C14H17N3O4/c1-9-12(18)15-7-8-17(9)14(21)16-11(13(19)20)10-5-3-2-4-6-10/h2-6,9,11H,7-8H2,1H3,(H,15,18)(H,16,21)(H,19,20)/t9?,11-/m0/s1. The van der Waals surface area contributed by atoms with Crippen LogP contribution in [-0.2, 0) is 9.59 Å². The molecule has 1 aliphatic rings. The van der Waals surface area contributed by atoms with Crippen molar-refractivity contribution in [1.29, 1.82) is 0 Å². The van der Waals surface area contributed by atoms with Gasteiger partial charge >= 0.3 is 12.0 Å². The lowest BCUT2D eigenvalue weighted by atomic mass is 10.1. The number of aliphatic carboxylic acids is 1. The number of hydrogen-bond acceptors (Lipinski definition) is 3. The summed E-state index contributed by atoms with van der Waals surface area (Å²) in [7, 11) is 0. The van der Waals surface area contributed by atoms with E-state index in [0.717, 1.165) is 0 Å². The molecule has 1 aromatic rings. The van der Waals surface area contributed by atoms with Gasteiger partial charge in [-0.15, -0.1) is 0 Å². The van der Waals surface area contributed by atoms with Crippen LogP contribution in [0.15, 0.2) is 30.3 Å². The number of benzene rings is 1. The van der Waals surface area contributed by atoms with Crippen LogP contribution >= 0.6 is 0 Å². The number of hydrogen-bond donors (Lipinski definition) is 3. The summed E-state index contributed by atoms with van der Waals surface area (Å²) in [5.41, 5.74) is 0.479. The normalized spacial score (nSPS) is 19.6. The molecule has 0 saturated carbocycles. The molecule has 0 spiro atoms. The lowest BCUT2D eigenvalue weighted by molar-refractivity contribution is -0.139. The molecule has 1 aliphatic heterocycles. The van der Waals surface area contributed by atoms with Gasteiger partial charge in [-0.25, -0.2) is 9.59 Å². The van der Waals surface area contributed by atoms with Gasteiger partial charge in [-0.1, -0.05) is 30.3 Å². The van der Waals surface area contributed by atoms with Gasteiger partial charge in [0.2, 0.25) is 5.91 Å². The Kier molecular flexibility index (Phi) is 4.42. The Morgan fingerprint density at radius 3 is 2.67 bits per heavy atom. The molecule has 1 aromatic carbocycles. The Balaban J connectivity index is 2.12. The monoisotopic (exact) mass is 291 g/mol. The number of carboxylic acid groups (broad SMARTS) is 1. The number of urea groups is 1. The van der Waals surface area contributed by atoms with Crippen LogP contribution in [0.4, 0.5) is 4.79 Å². The van der Waals surface area contributed by atoms with Crippen molar-refractivity contribution in [2.45, 2.75) is 19.0 Å². The zero-order chi connectivity index (χ0) is 15.4. The molecule has 112 valence electrons. The van der Waals surface area contributed by atoms with Crippen molar-refractivity contribution in [3.8, 4) is 0 Å². The fourth-order valence-corrected chi connectivity index (χ4v) is 2.20. The zero-order valence-electron chi connectivity index (χ0n) is 11.6.